The largest absolute Gasteiger partial charge is 0.378 e. The molecular weight excluding hydrogens is 298 g/mol. The van der Waals surface area contributed by atoms with Crippen LogP contribution in [0.4, 0.5) is 5.69 Å². The number of hydrogen-bond acceptors (Lipinski definition) is 1. The van der Waals surface area contributed by atoms with E-state index in [2.05, 4.69) is 83.6 Å². The van der Waals surface area contributed by atoms with Crippen LogP contribution in [0.15, 0.2) is 59.1 Å². The molecule has 0 saturated carbocycles. The smallest absolute Gasteiger partial charge is 0.0516 e. The first-order valence-electron chi connectivity index (χ1n) is 6.72. The zero-order valence-corrected chi connectivity index (χ0v) is 13.0. The summed E-state index contributed by atoms with van der Waals surface area (Å²) in [5.74, 6) is 0.657. The maximum Gasteiger partial charge on any atom is 0.0516 e. The van der Waals surface area contributed by atoms with Crippen LogP contribution in [0.2, 0.25) is 0 Å². The molecule has 2 aromatic carbocycles. The van der Waals surface area contributed by atoms with E-state index in [0.29, 0.717) is 12.0 Å². The summed E-state index contributed by atoms with van der Waals surface area (Å²) in [6.45, 7) is 4.52. The Kier molecular flexibility index (Phi) is 5.03. The Hall–Kier alpha value is -1.28. The molecule has 1 N–H and O–H groups in total. The lowest BCUT2D eigenvalue weighted by Gasteiger charge is -2.22. The van der Waals surface area contributed by atoms with Gasteiger partial charge in [-0.1, -0.05) is 66.2 Å². The summed E-state index contributed by atoms with van der Waals surface area (Å²) in [5, 5.41) is 3.64. The van der Waals surface area contributed by atoms with Crippen molar-refractivity contribution < 1.29 is 0 Å². The van der Waals surface area contributed by atoms with Gasteiger partial charge >= 0.3 is 0 Å². The van der Waals surface area contributed by atoms with Gasteiger partial charge in [0.15, 0.2) is 0 Å². The van der Waals surface area contributed by atoms with Crippen LogP contribution in [-0.2, 0) is 0 Å². The van der Waals surface area contributed by atoms with E-state index >= 15 is 0 Å². The van der Waals surface area contributed by atoms with Gasteiger partial charge in [-0.05, 0) is 36.1 Å². The quantitative estimate of drug-likeness (QED) is 0.751. The molecule has 0 saturated heterocycles. The fraction of sp³-hybridized carbons (Fsp3) is 0.294. The molecule has 0 aliphatic heterocycles. The van der Waals surface area contributed by atoms with Gasteiger partial charge in [-0.15, -0.1) is 0 Å². The highest BCUT2D eigenvalue weighted by molar-refractivity contribution is 9.10. The first-order valence-corrected chi connectivity index (χ1v) is 7.51. The molecule has 1 nitrogen and oxygen atoms in total. The van der Waals surface area contributed by atoms with Crippen molar-refractivity contribution in [2.45, 2.75) is 26.3 Å². The van der Waals surface area contributed by atoms with E-state index < -0.39 is 0 Å². The minimum Gasteiger partial charge on any atom is -0.378 e. The van der Waals surface area contributed by atoms with Gasteiger partial charge in [0.1, 0.15) is 0 Å². The second kappa shape index (κ2) is 6.76. The summed E-state index contributed by atoms with van der Waals surface area (Å²) in [5.41, 5.74) is 2.50. The van der Waals surface area contributed by atoms with Crippen LogP contribution < -0.4 is 5.32 Å². The maximum atomic E-state index is 3.64. The molecule has 0 amide bonds. The first kappa shape index (κ1) is 14.1. The number of halogens is 1. The van der Waals surface area contributed by atoms with Gasteiger partial charge in [0, 0.05) is 10.2 Å². The molecule has 0 bridgehead atoms. The monoisotopic (exact) mass is 317 g/mol. The predicted molar refractivity (Wildman–Crippen MR) is 86.4 cm³/mol. The van der Waals surface area contributed by atoms with E-state index in [0.717, 1.165) is 16.6 Å². The number of anilines is 1. The van der Waals surface area contributed by atoms with Crippen molar-refractivity contribution in [3.63, 3.8) is 0 Å². The maximum absolute atomic E-state index is 3.64. The van der Waals surface area contributed by atoms with Crippen LogP contribution in [0, 0.1) is 5.92 Å². The van der Waals surface area contributed by atoms with Crippen molar-refractivity contribution in [1.29, 1.82) is 0 Å². The molecule has 1 atom stereocenters. The Morgan fingerprint density at radius 1 is 1.00 bits per heavy atom. The second-order valence-electron chi connectivity index (χ2n) is 5.25. The number of nitrogens with one attached hydrogen (secondary N) is 1. The fourth-order valence-corrected chi connectivity index (χ4v) is 2.61. The minimum atomic E-state index is 0.357. The van der Waals surface area contributed by atoms with Gasteiger partial charge in [0.25, 0.3) is 0 Å². The van der Waals surface area contributed by atoms with E-state index in [4.69, 9.17) is 0 Å². The molecule has 2 heteroatoms. The molecule has 0 heterocycles. The van der Waals surface area contributed by atoms with Crippen molar-refractivity contribution in [2.75, 3.05) is 5.32 Å². The minimum absolute atomic E-state index is 0.357. The summed E-state index contributed by atoms with van der Waals surface area (Å²) >= 11 is 3.52. The molecule has 2 rings (SSSR count). The molecule has 1 unspecified atom stereocenters. The van der Waals surface area contributed by atoms with E-state index in [-0.39, 0.29) is 0 Å². The zero-order valence-electron chi connectivity index (χ0n) is 11.4. The second-order valence-corrected chi connectivity index (χ2v) is 6.16. The third kappa shape index (κ3) is 4.39. The molecule has 0 radical (unpaired) electrons. The lowest BCUT2D eigenvalue weighted by atomic mass is 9.97. The van der Waals surface area contributed by atoms with Crippen molar-refractivity contribution in [3.05, 3.63) is 64.6 Å². The van der Waals surface area contributed by atoms with Crippen molar-refractivity contribution in [2.24, 2.45) is 5.92 Å². The summed E-state index contributed by atoms with van der Waals surface area (Å²) in [4.78, 5) is 0. The standard InChI is InChI=1S/C17H20BrN/c1-13(2)11-17(14-7-4-3-5-8-14)19-16-10-6-9-15(18)12-16/h3-10,12-13,17,19H,11H2,1-2H3. The third-order valence-corrected chi connectivity index (χ3v) is 3.57. The summed E-state index contributed by atoms with van der Waals surface area (Å²) in [6, 6.07) is 19.4. The van der Waals surface area contributed by atoms with Gasteiger partial charge in [0.2, 0.25) is 0 Å². The van der Waals surface area contributed by atoms with Crippen LogP contribution in [0.1, 0.15) is 31.9 Å². The molecule has 2 aromatic rings. The van der Waals surface area contributed by atoms with Gasteiger partial charge in [-0.2, -0.15) is 0 Å². The molecule has 0 aliphatic carbocycles. The number of hydrogen-bond donors (Lipinski definition) is 1. The topological polar surface area (TPSA) is 12.0 Å². The van der Waals surface area contributed by atoms with Crippen LogP contribution >= 0.6 is 15.9 Å². The van der Waals surface area contributed by atoms with Crippen LogP contribution in [0.25, 0.3) is 0 Å². The van der Waals surface area contributed by atoms with Gasteiger partial charge < -0.3 is 5.32 Å². The molecule has 0 fully saturated rings. The van der Waals surface area contributed by atoms with Crippen molar-refractivity contribution in [1.82, 2.24) is 0 Å². The van der Waals surface area contributed by atoms with Gasteiger partial charge in [-0.25, -0.2) is 0 Å². The highest BCUT2D eigenvalue weighted by Gasteiger charge is 2.13. The Bertz CT molecular complexity index is 508. The summed E-state index contributed by atoms with van der Waals surface area (Å²) in [7, 11) is 0. The molecule has 0 aliphatic rings. The van der Waals surface area contributed by atoms with E-state index in [1.807, 2.05) is 6.07 Å². The first-order chi connectivity index (χ1) is 9.15. The molecule has 0 spiro atoms. The molecule has 100 valence electrons. The fourth-order valence-electron chi connectivity index (χ4n) is 2.21. The van der Waals surface area contributed by atoms with E-state index in [9.17, 15) is 0 Å². The lowest BCUT2D eigenvalue weighted by Crippen LogP contribution is -2.13. The molecular formula is C17H20BrN. The number of rotatable bonds is 5. The van der Waals surface area contributed by atoms with Crippen molar-refractivity contribution in [3.8, 4) is 0 Å². The van der Waals surface area contributed by atoms with E-state index in [1.165, 1.54) is 5.56 Å². The lowest BCUT2D eigenvalue weighted by molar-refractivity contribution is 0.531. The van der Waals surface area contributed by atoms with Gasteiger partial charge in [0.05, 0.1) is 6.04 Å². The Morgan fingerprint density at radius 2 is 1.74 bits per heavy atom. The van der Waals surface area contributed by atoms with Gasteiger partial charge in [-0.3, -0.25) is 0 Å². The molecule has 0 aromatic heterocycles. The summed E-state index contributed by atoms with van der Waals surface area (Å²) < 4.78 is 1.11. The SMILES string of the molecule is CC(C)CC(Nc1cccc(Br)c1)c1ccccc1. The highest BCUT2D eigenvalue weighted by Crippen LogP contribution is 2.27. The van der Waals surface area contributed by atoms with Crippen LogP contribution in [0.3, 0.4) is 0 Å². The van der Waals surface area contributed by atoms with Crippen molar-refractivity contribution >= 4 is 21.6 Å². The average molecular weight is 318 g/mol. The average Bonchev–Trinajstić information content (AvgIpc) is 2.38. The Labute approximate surface area is 124 Å². The van der Waals surface area contributed by atoms with E-state index in [1.54, 1.807) is 0 Å². The zero-order chi connectivity index (χ0) is 13.7. The predicted octanol–water partition coefficient (Wildman–Crippen LogP) is 5.65. The normalized spacial score (nSPS) is 12.4. The van der Waals surface area contributed by atoms with Crippen LogP contribution in [0.5, 0.6) is 0 Å². The third-order valence-electron chi connectivity index (χ3n) is 3.07. The Balaban J connectivity index is 2.19. The Morgan fingerprint density at radius 3 is 2.37 bits per heavy atom. The van der Waals surface area contributed by atoms with Crippen LogP contribution in [-0.4, -0.2) is 0 Å². The number of benzene rings is 2. The molecule has 19 heavy (non-hydrogen) atoms. The summed E-state index contributed by atoms with van der Waals surface area (Å²) in [6.07, 6.45) is 1.12. The highest BCUT2D eigenvalue weighted by atomic mass is 79.9.